The van der Waals surface area contributed by atoms with Crippen LogP contribution >= 0.6 is 0 Å². The number of esters is 1. The minimum Gasteiger partial charge on any atom is -0.466 e. The number of hydrogen-bond acceptors (Lipinski definition) is 5. The number of carbonyl (C=O) groups excluding carboxylic acids is 3. The molecular formula is C15H24N2O5. The number of carbonyl (C=O) groups is 3. The van der Waals surface area contributed by atoms with Crippen LogP contribution in [0.5, 0.6) is 0 Å². The van der Waals surface area contributed by atoms with Crippen molar-refractivity contribution < 1.29 is 24.2 Å². The number of amides is 2. The molecule has 22 heavy (non-hydrogen) atoms. The predicted molar refractivity (Wildman–Crippen MR) is 79.5 cm³/mol. The molecule has 2 N–H and O–H groups in total. The molecule has 0 aromatic heterocycles. The first-order valence-corrected chi connectivity index (χ1v) is 7.40. The van der Waals surface area contributed by atoms with Gasteiger partial charge >= 0.3 is 5.97 Å². The minimum atomic E-state index is -1.16. The Morgan fingerprint density at radius 2 is 2.00 bits per heavy atom. The third-order valence-electron chi connectivity index (χ3n) is 3.79. The van der Waals surface area contributed by atoms with Crippen molar-refractivity contribution >= 4 is 17.8 Å². The molecule has 2 atom stereocenters. The Hall–Kier alpha value is -1.89. The normalized spacial score (nSPS) is 21.4. The SMILES string of the molecule is CCC(CC)C(=O)N1CC(C(=O)OC)=C[C@H](O)[C@H]1NC(C)=O. The zero-order chi connectivity index (χ0) is 16.9. The number of hydrogen-bond donors (Lipinski definition) is 2. The lowest BCUT2D eigenvalue weighted by Gasteiger charge is -2.39. The summed E-state index contributed by atoms with van der Waals surface area (Å²) in [6.45, 7) is 5.11. The smallest absolute Gasteiger partial charge is 0.335 e. The standard InChI is InChI=1S/C15H24N2O5/c1-5-10(6-2)14(20)17-8-11(15(21)22-4)7-12(19)13(17)16-9(3)18/h7,10,12-13,19H,5-6,8H2,1-4H3,(H,16,18)/t12-,13-/m0/s1. The Kier molecular flexibility index (Phi) is 6.55. The first kappa shape index (κ1) is 18.2. The number of ether oxygens (including phenoxy) is 1. The zero-order valence-corrected chi connectivity index (χ0v) is 13.5. The van der Waals surface area contributed by atoms with Crippen LogP contribution in [0.1, 0.15) is 33.6 Å². The molecule has 1 aliphatic rings. The Balaban J connectivity index is 3.11. The van der Waals surface area contributed by atoms with Crippen molar-refractivity contribution in [1.29, 1.82) is 0 Å². The average Bonchev–Trinajstić information content (AvgIpc) is 2.48. The summed E-state index contributed by atoms with van der Waals surface area (Å²) >= 11 is 0. The maximum absolute atomic E-state index is 12.6. The lowest BCUT2D eigenvalue weighted by atomic mass is 9.97. The van der Waals surface area contributed by atoms with Crippen LogP contribution in [0.2, 0.25) is 0 Å². The van der Waals surface area contributed by atoms with Gasteiger partial charge in [0.2, 0.25) is 11.8 Å². The van der Waals surface area contributed by atoms with E-state index in [-0.39, 0.29) is 29.9 Å². The highest BCUT2D eigenvalue weighted by molar-refractivity contribution is 5.91. The van der Waals surface area contributed by atoms with Crippen LogP contribution in [0, 0.1) is 5.92 Å². The van der Waals surface area contributed by atoms with Crippen molar-refractivity contribution in [2.45, 2.75) is 45.9 Å². The van der Waals surface area contributed by atoms with Crippen molar-refractivity contribution in [2.24, 2.45) is 5.92 Å². The third kappa shape index (κ3) is 4.07. The number of aliphatic hydroxyl groups excluding tert-OH is 1. The quantitative estimate of drug-likeness (QED) is 0.706. The van der Waals surface area contributed by atoms with Crippen LogP contribution in [-0.4, -0.2) is 53.7 Å². The van der Waals surface area contributed by atoms with Crippen molar-refractivity contribution in [2.75, 3.05) is 13.7 Å². The molecule has 0 aromatic carbocycles. The van der Waals surface area contributed by atoms with Gasteiger partial charge in [-0.05, 0) is 18.9 Å². The second-order valence-electron chi connectivity index (χ2n) is 5.30. The fourth-order valence-electron chi connectivity index (χ4n) is 2.54. The lowest BCUT2D eigenvalue weighted by molar-refractivity contribution is -0.144. The molecule has 7 nitrogen and oxygen atoms in total. The Labute approximate surface area is 130 Å². The second kappa shape index (κ2) is 7.93. The minimum absolute atomic E-state index is 0.00398. The van der Waals surface area contributed by atoms with E-state index in [1.165, 1.54) is 25.0 Å². The highest BCUT2D eigenvalue weighted by Gasteiger charge is 2.37. The van der Waals surface area contributed by atoms with Crippen LogP contribution in [0.25, 0.3) is 0 Å². The van der Waals surface area contributed by atoms with E-state index in [4.69, 9.17) is 0 Å². The second-order valence-corrected chi connectivity index (χ2v) is 5.30. The van der Waals surface area contributed by atoms with Crippen LogP contribution < -0.4 is 5.32 Å². The molecular weight excluding hydrogens is 288 g/mol. The molecule has 0 radical (unpaired) electrons. The first-order chi connectivity index (χ1) is 10.3. The molecule has 0 unspecified atom stereocenters. The summed E-state index contributed by atoms with van der Waals surface area (Å²) in [6, 6.07) is 0. The monoisotopic (exact) mass is 312 g/mol. The highest BCUT2D eigenvalue weighted by Crippen LogP contribution is 2.21. The Morgan fingerprint density at radius 3 is 2.45 bits per heavy atom. The number of aliphatic hydroxyl groups is 1. The topological polar surface area (TPSA) is 95.9 Å². The van der Waals surface area contributed by atoms with Gasteiger partial charge in [-0.2, -0.15) is 0 Å². The lowest BCUT2D eigenvalue weighted by Crippen LogP contribution is -2.60. The molecule has 1 heterocycles. The molecule has 0 aromatic rings. The summed E-state index contributed by atoms with van der Waals surface area (Å²) in [5, 5.41) is 12.7. The summed E-state index contributed by atoms with van der Waals surface area (Å²) in [6.07, 6.45) is 0.574. The van der Waals surface area contributed by atoms with Crippen LogP contribution in [-0.2, 0) is 19.1 Å². The molecule has 0 spiro atoms. The van der Waals surface area contributed by atoms with E-state index in [2.05, 4.69) is 10.1 Å². The van der Waals surface area contributed by atoms with Gasteiger partial charge in [-0.25, -0.2) is 4.79 Å². The Bertz CT molecular complexity index is 471. The molecule has 2 amide bonds. The summed E-state index contributed by atoms with van der Waals surface area (Å²) in [5.74, 6) is -1.37. The molecule has 1 aliphatic heterocycles. The number of nitrogens with one attached hydrogen (secondary N) is 1. The van der Waals surface area contributed by atoms with Crippen LogP contribution in [0.3, 0.4) is 0 Å². The van der Waals surface area contributed by atoms with E-state index in [0.717, 1.165) is 0 Å². The van der Waals surface area contributed by atoms with Gasteiger partial charge in [-0.3, -0.25) is 9.59 Å². The number of rotatable bonds is 5. The van der Waals surface area contributed by atoms with Gasteiger partial charge < -0.3 is 20.1 Å². The fourth-order valence-corrected chi connectivity index (χ4v) is 2.54. The van der Waals surface area contributed by atoms with Gasteiger partial charge in [0, 0.05) is 12.8 Å². The average molecular weight is 312 g/mol. The molecule has 0 saturated heterocycles. The van der Waals surface area contributed by atoms with Crippen molar-refractivity contribution in [3.63, 3.8) is 0 Å². The summed E-state index contributed by atoms with van der Waals surface area (Å²) in [5.41, 5.74) is 0.205. The van der Waals surface area contributed by atoms with E-state index in [9.17, 15) is 19.5 Å². The molecule has 0 bridgehead atoms. The molecule has 0 saturated carbocycles. The molecule has 124 valence electrons. The van der Waals surface area contributed by atoms with Crippen molar-refractivity contribution in [1.82, 2.24) is 10.2 Å². The maximum atomic E-state index is 12.6. The first-order valence-electron chi connectivity index (χ1n) is 7.40. The van der Waals surface area contributed by atoms with Crippen LogP contribution in [0.15, 0.2) is 11.6 Å². The molecule has 0 fully saturated rings. The molecule has 7 heteroatoms. The highest BCUT2D eigenvalue weighted by atomic mass is 16.5. The number of nitrogens with zero attached hydrogens (tertiary/aromatic N) is 1. The van der Waals surface area contributed by atoms with Crippen molar-refractivity contribution in [3.05, 3.63) is 11.6 Å². The Morgan fingerprint density at radius 1 is 1.41 bits per heavy atom. The van der Waals surface area contributed by atoms with Gasteiger partial charge in [0.15, 0.2) is 0 Å². The van der Waals surface area contributed by atoms with Crippen molar-refractivity contribution in [3.8, 4) is 0 Å². The van der Waals surface area contributed by atoms with Gasteiger partial charge in [-0.15, -0.1) is 0 Å². The van der Waals surface area contributed by atoms with E-state index in [1.807, 2.05) is 13.8 Å². The van der Waals surface area contributed by atoms with E-state index >= 15 is 0 Å². The molecule has 0 aliphatic carbocycles. The summed E-state index contributed by atoms with van der Waals surface area (Å²) < 4.78 is 4.65. The third-order valence-corrected chi connectivity index (χ3v) is 3.79. The van der Waals surface area contributed by atoms with E-state index in [1.54, 1.807) is 0 Å². The fraction of sp³-hybridized carbons (Fsp3) is 0.667. The van der Waals surface area contributed by atoms with Gasteiger partial charge in [-0.1, -0.05) is 13.8 Å². The maximum Gasteiger partial charge on any atom is 0.335 e. The number of methoxy groups -OCH3 is 1. The zero-order valence-electron chi connectivity index (χ0n) is 13.5. The van der Waals surface area contributed by atoms with Gasteiger partial charge in [0.05, 0.1) is 19.2 Å². The van der Waals surface area contributed by atoms with E-state index in [0.29, 0.717) is 12.8 Å². The predicted octanol–water partition coefficient (Wildman–Crippen LogP) is 0.187. The van der Waals surface area contributed by atoms with E-state index < -0.39 is 18.2 Å². The molecule has 1 rings (SSSR count). The largest absolute Gasteiger partial charge is 0.466 e. The summed E-state index contributed by atoms with van der Waals surface area (Å²) in [4.78, 5) is 37.0. The van der Waals surface area contributed by atoms with Gasteiger partial charge in [0.1, 0.15) is 12.3 Å². The summed E-state index contributed by atoms with van der Waals surface area (Å²) in [7, 11) is 1.24. The van der Waals surface area contributed by atoms with Gasteiger partial charge in [0.25, 0.3) is 0 Å². The van der Waals surface area contributed by atoms with Crippen LogP contribution in [0.4, 0.5) is 0 Å².